The molecule has 0 radical (unpaired) electrons. The van der Waals surface area contributed by atoms with Crippen LogP contribution in [0, 0.1) is 0 Å². The third-order valence-electron chi connectivity index (χ3n) is 5.11. The number of anilines is 2. The zero-order valence-electron chi connectivity index (χ0n) is 16.2. The van der Waals surface area contributed by atoms with Crippen LogP contribution in [-0.2, 0) is 11.2 Å². The van der Waals surface area contributed by atoms with Gasteiger partial charge in [0.1, 0.15) is 0 Å². The van der Waals surface area contributed by atoms with E-state index in [1.807, 2.05) is 30.3 Å². The number of amides is 2. The predicted octanol–water partition coefficient (Wildman–Crippen LogP) is 4.51. The lowest BCUT2D eigenvalue weighted by Gasteiger charge is -2.19. The summed E-state index contributed by atoms with van der Waals surface area (Å²) in [6.07, 6.45) is 0.869. The molecule has 0 N–H and O–H groups in total. The van der Waals surface area contributed by atoms with Crippen molar-refractivity contribution < 1.29 is 14.3 Å². The summed E-state index contributed by atoms with van der Waals surface area (Å²) in [7, 11) is 1.35. The minimum atomic E-state index is -0.387. The summed E-state index contributed by atoms with van der Waals surface area (Å²) < 4.78 is 4.72. The molecule has 29 heavy (non-hydrogen) atoms. The SMILES string of the molecule is COC(=O)c1ccc(N2CCN(c3ccc(Cc4ccccc4)cc3)C2=O)cc1. The van der Waals surface area contributed by atoms with Crippen LogP contribution in [0.15, 0.2) is 78.9 Å². The second kappa shape index (κ2) is 8.19. The topological polar surface area (TPSA) is 49.9 Å². The van der Waals surface area contributed by atoms with Gasteiger partial charge in [-0.1, -0.05) is 42.5 Å². The Bertz CT molecular complexity index is 999. The molecule has 0 atom stereocenters. The molecule has 0 bridgehead atoms. The third kappa shape index (κ3) is 3.99. The van der Waals surface area contributed by atoms with Gasteiger partial charge in [0.15, 0.2) is 0 Å². The fourth-order valence-corrected chi connectivity index (χ4v) is 3.54. The largest absolute Gasteiger partial charge is 0.465 e. The second-order valence-corrected chi connectivity index (χ2v) is 6.95. The Labute approximate surface area is 170 Å². The predicted molar refractivity (Wildman–Crippen MR) is 114 cm³/mol. The van der Waals surface area contributed by atoms with Gasteiger partial charge < -0.3 is 4.74 Å². The standard InChI is InChI=1S/C24H22N2O3/c1-29-23(27)20-9-13-22(14-10-20)26-16-15-25(24(26)28)21-11-7-19(8-12-21)17-18-5-3-2-4-6-18/h2-14H,15-17H2,1H3. The van der Waals surface area contributed by atoms with Crippen molar-refractivity contribution in [2.24, 2.45) is 0 Å². The Hall–Kier alpha value is -3.60. The van der Waals surface area contributed by atoms with Crippen molar-refractivity contribution in [3.8, 4) is 0 Å². The average Bonchev–Trinajstić information content (AvgIpc) is 3.16. The van der Waals surface area contributed by atoms with Gasteiger partial charge in [-0.15, -0.1) is 0 Å². The molecular weight excluding hydrogens is 364 g/mol. The number of esters is 1. The molecule has 2 amide bonds. The third-order valence-corrected chi connectivity index (χ3v) is 5.11. The summed E-state index contributed by atoms with van der Waals surface area (Å²) in [6.45, 7) is 1.22. The highest BCUT2D eigenvalue weighted by Crippen LogP contribution is 2.26. The normalized spacial score (nSPS) is 13.6. The maximum atomic E-state index is 12.9. The van der Waals surface area contributed by atoms with Crippen molar-refractivity contribution in [1.82, 2.24) is 0 Å². The number of benzene rings is 3. The number of urea groups is 1. The summed E-state index contributed by atoms with van der Waals surface area (Å²) in [5.74, 6) is -0.387. The first-order chi connectivity index (χ1) is 14.2. The first-order valence-electron chi connectivity index (χ1n) is 9.56. The quantitative estimate of drug-likeness (QED) is 0.606. The molecule has 4 rings (SSSR count). The second-order valence-electron chi connectivity index (χ2n) is 6.95. The number of hydrogen-bond acceptors (Lipinski definition) is 3. The number of hydrogen-bond donors (Lipinski definition) is 0. The molecule has 0 aliphatic carbocycles. The van der Waals surface area contributed by atoms with Gasteiger partial charge in [0.25, 0.3) is 0 Å². The molecule has 0 spiro atoms. The highest BCUT2D eigenvalue weighted by molar-refractivity contribution is 6.06. The van der Waals surface area contributed by atoms with E-state index in [0.717, 1.165) is 17.8 Å². The summed E-state index contributed by atoms with van der Waals surface area (Å²) >= 11 is 0. The van der Waals surface area contributed by atoms with Crippen LogP contribution >= 0.6 is 0 Å². The lowest BCUT2D eigenvalue weighted by Crippen LogP contribution is -2.31. The Kier molecular flexibility index (Phi) is 5.29. The zero-order chi connectivity index (χ0) is 20.2. The number of rotatable bonds is 5. The summed E-state index contributed by atoms with van der Waals surface area (Å²) in [4.78, 5) is 28.0. The molecule has 0 unspecified atom stereocenters. The first kappa shape index (κ1) is 18.7. The molecule has 3 aromatic carbocycles. The molecule has 1 aliphatic heterocycles. The molecule has 1 fully saturated rings. The molecule has 0 aromatic heterocycles. The van der Waals surface area contributed by atoms with Crippen LogP contribution in [0.5, 0.6) is 0 Å². The molecule has 1 saturated heterocycles. The number of ether oxygens (including phenoxy) is 1. The smallest absolute Gasteiger partial charge is 0.337 e. The summed E-state index contributed by atoms with van der Waals surface area (Å²) in [6, 6.07) is 25.3. The maximum Gasteiger partial charge on any atom is 0.337 e. The van der Waals surface area contributed by atoms with Crippen LogP contribution in [0.1, 0.15) is 21.5 Å². The van der Waals surface area contributed by atoms with Crippen LogP contribution in [0.2, 0.25) is 0 Å². The van der Waals surface area contributed by atoms with Gasteiger partial charge in [-0.2, -0.15) is 0 Å². The van der Waals surface area contributed by atoms with Gasteiger partial charge in [0.2, 0.25) is 0 Å². The highest BCUT2D eigenvalue weighted by Gasteiger charge is 2.30. The van der Waals surface area contributed by atoms with E-state index in [1.54, 1.807) is 34.1 Å². The van der Waals surface area contributed by atoms with Crippen molar-refractivity contribution in [3.63, 3.8) is 0 Å². The first-order valence-corrected chi connectivity index (χ1v) is 9.56. The highest BCUT2D eigenvalue weighted by atomic mass is 16.5. The van der Waals surface area contributed by atoms with Crippen molar-refractivity contribution >= 4 is 23.4 Å². The van der Waals surface area contributed by atoms with E-state index in [9.17, 15) is 9.59 Å². The molecule has 3 aromatic rings. The van der Waals surface area contributed by atoms with Crippen LogP contribution in [-0.4, -0.2) is 32.2 Å². The van der Waals surface area contributed by atoms with Gasteiger partial charge in [-0.3, -0.25) is 9.80 Å². The molecule has 5 heteroatoms. The lowest BCUT2D eigenvalue weighted by molar-refractivity contribution is 0.0600. The molecule has 5 nitrogen and oxygen atoms in total. The van der Waals surface area contributed by atoms with E-state index < -0.39 is 0 Å². The van der Waals surface area contributed by atoms with Gasteiger partial charge in [-0.05, 0) is 53.9 Å². The lowest BCUT2D eigenvalue weighted by atomic mass is 10.0. The Morgan fingerprint density at radius 3 is 1.86 bits per heavy atom. The average molecular weight is 386 g/mol. The molecule has 1 aliphatic rings. The monoisotopic (exact) mass is 386 g/mol. The van der Waals surface area contributed by atoms with Crippen LogP contribution < -0.4 is 9.80 Å². The van der Waals surface area contributed by atoms with E-state index in [1.165, 1.54) is 18.2 Å². The minimum absolute atomic E-state index is 0.0633. The zero-order valence-corrected chi connectivity index (χ0v) is 16.2. The van der Waals surface area contributed by atoms with Crippen LogP contribution in [0.3, 0.4) is 0 Å². The van der Waals surface area contributed by atoms with Crippen molar-refractivity contribution in [3.05, 3.63) is 95.6 Å². The van der Waals surface area contributed by atoms with Gasteiger partial charge in [0, 0.05) is 24.5 Å². The Balaban J connectivity index is 1.45. The molecule has 0 saturated carbocycles. The van der Waals surface area contributed by atoms with Crippen molar-refractivity contribution in [2.75, 3.05) is 30.0 Å². The fraction of sp³-hybridized carbons (Fsp3) is 0.167. The molecular formula is C24H22N2O3. The number of carbonyl (C=O) groups excluding carboxylic acids is 2. The summed E-state index contributed by atoms with van der Waals surface area (Å²) in [5, 5.41) is 0. The van der Waals surface area contributed by atoms with Gasteiger partial charge in [0.05, 0.1) is 12.7 Å². The van der Waals surface area contributed by atoms with Crippen molar-refractivity contribution in [1.29, 1.82) is 0 Å². The number of carbonyl (C=O) groups is 2. The molecule has 146 valence electrons. The minimum Gasteiger partial charge on any atom is -0.465 e. The van der Waals surface area contributed by atoms with E-state index >= 15 is 0 Å². The number of methoxy groups -OCH3 is 1. The Morgan fingerprint density at radius 1 is 0.793 bits per heavy atom. The number of nitrogens with zero attached hydrogens (tertiary/aromatic N) is 2. The van der Waals surface area contributed by atoms with Crippen LogP contribution in [0.4, 0.5) is 16.2 Å². The van der Waals surface area contributed by atoms with E-state index in [2.05, 4.69) is 24.3 Å². The van der Waals surface area contributed by atoms with E-state index in [-0.39, 0.29) is 12.0 Å². The van der Waals surface area contributed by atoms with Gasteiger partial charge in [-0.25, -0.2) is 9.59 Å². The van der Waals surface area contributed by atoms with Crippen LogP contribution in [0.25, 0.3) is 0 Å². The Morgan fingerprint density at radius 2 is 1.31 bits per heavy atom. The fourth-order valence-electron chi connectivity index (χ4n) is 3.54. The molecule has 1 heterocycles. The summed E-state index contributed by atoms with van der Waals surface area (Å²) in [5.41, 5.74) is 4.60. The van der Waals surface area contributed by atoms with Crippen molar-refractivity contribution in [2.45, 2.75) is 6.42 Å². The maximum absolute atomic E-state index is 12.9. The van der Waals surface area contributed by atoms with E-state index in [0.29, 0.717) is 18.7 Å². The van der Waals surface area contributed by atoms with E-state index in [4.69, 9.17) is 4.74 Å². The van der Waals surface area contributed by atoms with Gasteiger partial charge >= 0.3 is 12.0 Å².